The minimum absolute atomic E-state index is 0.127. The monoisotopic (exact) mass is 239 g/mol. The molecule has 0 amide bonds. The summed E-state index contributed by atoms with van der Waals surface area (Å²) in [6, 6.07) is 3.46. The van der Waals surface area contributed by atoms with E-state index in [-0.39, 0.29) is 5.56 Å². The lowest BCUT2D eigenvalue weighted by molar-refractivity contribution is 0.152. The van der Waals surface area contributed by atoms with Crippen LogP contribution < -0.4 is 9.33 Å². The van der Waals surface area contributed by atoms with E-state index in [1.165, 1.54) is 5.56 Å². The van der Waals surface area contributed by atoms with Crippen LogP contribution in [0.25, 0.3) is 0 Å². The summed E-state index contributed by atoms with van der Waals surface area (Å²) in [7, 11) is 1.93. The molecule has 0 spiro atoms. The lowest BCUT2D eigenvalue weighted by Gasteiger charge is -2.15. The number of hydrogen-bond acceptors (Lipinski definition) is 1. The van der Waals surface area contributed by atoms with E-state index in [4.69, 9.17) is 0 Å². The standard InChI is InChI=1S/C10H10F2N.C2H6.Al/c1-13-5-4-7-2-3-8(10(11)12)6-9(7)13;1-2;/h2,6,10H,4-5H2,1H3;1-2H3;. The van der Waals surface area contributed by atoms with Gasteiger partial charge in [0.2, 0.25) is 0 Å². The van der Waals surface area contributed by atoms with Gasteiger partial charge in [-0.15, -0.1) is 4.43 Å². The molecule has 1 aromatic rings. The van der Waals surface area contributed by atoms with E-state index in [1.807, 2.05) is 31.9 Å². The summed E-state index contributed by atoms with van der Waals surface area (Å²) in [5.74, 6) is 0. The molecule has 0 unspecified atom stereocenters. The van der Waals surface area contributed by atoms with Crippen LogP contribution >= 0.6 is 0 Å². The van der Waals surface area contributed by atoms with E-state index in [9.17, 15) is 8.78 Å². The zero-order valence-electron chi connectivity index (χ0n) is 9.93. The Morgan fingerprint density at radius 3 is 2.50 bits per heavy atom. The van der Waals surface area contributed by atoms with Crippen LogP contribution in [0.5, 0.6) is 0 Å². The summed E-state index contributed by atoms with van der Waals surface area (Å²) >= 11 is 2.38. The average Bonchev–Trinajstić information content (AvgIpc) is 2.61. The maximum Gasteiger partial charge on any atom is 0.262 e. The lowest BCUT2D eigenvalue weighted by atomic mass is 10.1. The smallest absolute Gasteiger partial charge is 0.262 e. The molecule has 0 atom stereocenters. The Morgan fingerprint density at radius 1 is 1.31 bits per heavy atom. The first-order valence-electron chi connectivity index (χ1n) is 5.51. The Bertz CT molecular complexity index is 366. The number of likely N-dealkylation sites (N-methyl/N-ethyl adjacent to an activating group) is 1. The molecular weight excluding hydrogens is 223 g/mol. The molecule has 0 saturated heterocycles. The van der Waals surface area contributed by atoms with Crippen molar-refractivity contribution >= 4 is 26.4 Å². The van der Waals surface area contributed by atoms with Crippen molar-refractivity contribution in [2.24, 2.45) is 0 Å². The zero-order chi connectivity index (χ0) is 12.3. The maximum absolute atomic E-state index is 12.6. The predicted octanol–water partition coefficient (Wildman–Crippen LogP) is 2.44. The van der Waals surface area contributed by atoms with E-state index in [2.05, 4.69) is 16.3 Å². The first kappa shape index (κ1) is 13.5. The number of alkyl halides is 2. The molecule has 1 aliphatic rings. The van der Waals surface area contributed by atoms with Gasteiger partial charge in [0.1, 0.15) is 0 Å². The van der Waals surface area contributed by atoms with Gasteiger partial charge in [0.05, 0.1) is 0 Å². The van der Waals surface area contributed by atoms with E-state index >= 15 is 0 Å². The molecule has 86 valence electrons. The summed E-state index contributed by atoms with van der Waals surface area (Å²) in [6.45, 7) is 4.92. The van der Waals surface area contributed by atoms with Gasteiger partial charge in [0, 0.05) is 24.8 Å². The molecule has 0 N–H and O–H groups in total. The fraction of sp³-hybridized carbons (Fsp3) is 0.500. The zero-order valence-corrected chi connectivity index (χ0v) is 11.1. The largest absolute Gasteiger partial charge is 0.374 e. The topological polar surface area (TPSA) is 3.24 Å². The van der Waals surface area contributed by atoms with Gasteiger partial charge in [-0.1, -0.05) is 19.9 Å². The van der Waals surface area contributed by atoms with E-state index in [0.29, 0.717) is 4.43 Å². The molecule has 2 radical (unpaired) electrons. The van der Waals surface area contributed by atoms with Gasteiger partial charge >= 0.3 is 0 Å². The van der Waals surface area contributed by atoms with Crippen molar-refractivity contribution in [1.29, 1.82) is 0 Å². The number of halogens is 2. The number of fused-ring (bicyclic) bond motifs is 1. The molecule has 0 saturated carbocycles. The molecule has 0 bridgehead atoms. The molecule has 1 heterocycles. The van der Waals surface area contributed by atoms with E-state index in [1.54, 1.807) is 6.07 Å². The van der Waals surface area contributed by atoms with Crippen LogP contribution in [0.2, 0.25) is 0 Å². The average molecular weight is 239 g/mol. The first-order chi connectivity index (χ1) is 7.59. The molecule has 16 heavy (non-hydrogen) atoms. The number of nitrogens with zero attached hydrogens (tertiary/aromatic N) is 1. The van der Waals surface area contributed by atoms with Gasteiger partial charge in [0.25, 0.3) is 6.43 Å². The molecule has 0 aromatic heterocycles. The molecular formula is C12H16AlF2N. The van der Waals surface area contributed by atoms with Crippen molar-refractivity contribution in [3.63, 3.8) is 0 Å². The Kier molecular flexibility index (Phi) is 4.76. The molecule has 1 aromatic carbocycles. The van der Waals surface area contributed by atoms with Crippen LogP contribution in [0.1, 0.15) is 31.4 Å². The highest BCUT2D eigenvalue weighted by Gasteiger charge is 2.19. The molecule has 2 rings (SSSR count). The second-order valence-corrected chi connectivity index (χ2v) is 4.20. The van der Waals surface area contributed by atoms with Gasteiger partial charge < -0.3 is 4.90 Å². The quantitative estimate of drug-likeness (QED) is 0.680. The van der Waals surface area contributed by atoms with Crippen molar-refractivity contribution in [3.8, 4) is 0 Å². The summed E-state index contributed by atoms with van der Waals surface area (Å²) in [6.07, 6.45) is -1.43. The SMILES string of the molecule is CC.CN1CCc2c[c]([Al])c(C(F)F)cc21. The maximum atomic E-state index is 12.6. The molecule has 4 heteroatoms. The second-order valence-electron chi connectivity index (χ2n) is 3.58. The van der Waals surface area contributed by atoms with Crippen LogP contribution in [0.4, 0.5) is 14.5 Å². The molecule has 1 aliphatic heterocycles. The van der Waals surface area contributed by atoms with E-state index in [0.717, 1.165) is 18.7 Å². The number of benzene rings is 1. The normalized spacial score (nSPS) is 13.5. The minimum atomic E-state index is -2.39. The Morgan fingerprint density at radius 2 is 1.94 bits per heavy atom. The fourth-order valence-electron chi connectivity index (χ4n) is 1.82. The highest BCUT2D eigenvalue weighted by atomic mass is 27.0. The summed E-state index contributed by atoms with van der Waals surface area (Å²) in [5.41, 5.74) is 2.25. The van der Waals surface area contributed by atoms with Crippen molar-refractivity contribution < 1.29 is 8.78 Å². The van der Waals surface area contributed by atoms with Crippen molar-refractivity contribution in [2.45, 2.75) is 26.7 Å². The number of rotatable bonds is 1. The van der Waals surface area contributed by atoms with Gasteiger partial charge in [-0.3, -0.25) is 0 Å². The third-order valence-electron chi connectivity index (χ3n) is 2.65. The highest BCUT2D eigenvalue weighted by molar-refractivity contribution is 6.33. The van der Waals surface area contributed by atoms with Crippen LogP contribution in [0, 0.1) is 0 Å². The van der Waals surface area contributed by atoms with Crippen LogP contribution in [0.15, 0.2) is 12.1 Å². The van der Waals surface area contributed by atoms with Gasteiger partial charge in [-0.25, -0.2) is 8.78 Å². The van der Waals surface area contributed by atoms with Gasteiger partial charge in [0.15, 0.2) is 16.3 Å². The minimum Gasteiger partial charge on any atom is -0.374 e. The Hall–Kier alpha value is -0.588. The summed E-state index contributed by atoms with van der Waals surface area (Å²) in [4.78, 5) is 2.02. The lowest BCUT2D eigenvalue weighted by Crippen LogP contribution is -2.15. The van der Waals surface area contributed by atoms with Crippen molar-refractivity contribution in [3.05, 3.63) is 23.3 Å². The van der Waals surface area contributed by atoms with Crippen molar-refractivity contribution in [1.82, 2.24) is 0 Å². The fourth-order valence-corrected chi connectivity index (χ4v) is 2.23. The molecule has 1 nitrogen and oxygen atoms in total. The number of anilines is 1. The predicted molar refractivity (Wildman–Crippen MR) is 65.1 cm³/mol. The van der Waals surface area contributed by atoms with Crippen LogP contribution in [0.3, 0.4) is 0 Å². The molecule has 0 aliphatic carbocycles. The van der Waals surface area contributed by atoms with Crippen molar-refractivity contribution in [2.75, 3.05) is 18.5 Å². The van der Waals surface area contributed by atoms with Gasteiger partial charge in [-0.05, 0) is 18.1 Å². The van der Waals surface area contributed by atoms with Crippen LogP contribution in [-0.4, -0.2) is 29.9 Å². The third-order valence-corrected chi connectivity index (χ3v) is 3.15. The second kappa shape index (κ2) is 5.65. The first-order valence-corrected chi connectivity index (χ1v) is 6.09. The van der Waals surface area contributed by atoms with Gasteiger partial charge in [-0.2, -0.15) is 0 Å². The summed E-state index contributed by atoms with van der Waals surface area (Å²) < 4.78 is 25.8. The Balaban J connectivity index is 0.000000606. The van der Waals surface area contributed by atoms with E-state index < -0.39 is 6.43 Å². The highest BCUT2D eigenvalue weighted by Crippen LogP contribution is 2.29. The van der Waals surface area contributed by atoms with Crippen LogP contribution in [-0.2, 0) is 6.42 Å². The molecule has 0 fully saturated rings. The third kappa shape index (κ3) is 2.56. The summed E-state index contributed by atoms with van der Waals surface area (Å²) in [5, 5.41) is 0. The number of hydrogen-bond donors (Lipinski definition) is 0. The Labute approximate surface area is 104 Å².